The number of rotatable bonds is 4. The molecule has 0 aliphatic rings. The second-order valence-electron chi connectivity index (χ2n) is 3.90. The van der Waals surface area contributed by atoms with Crippen LogP contribution in [0.1, 0.15) is 11.3 Å². The smallest absolute Gasteiger partial charge is 0.160 e. The molecule has 0 atom stereocenters. The van der Waals surface area contributed by atoms with E-state index in [-0.39, 0.29) is 0 Å². The average molecular weight is 232 g/mol. The van der Waals surface area contributed by atoms with Crippen molar-refractivity contribution < 1.29 is 4.74 Å². The fourth-order valence-electron chi connectivity index (χ4n) is 1.61. The van der Waals surface area contributed by atoms with Gasteiger partial charge in [0.15, 0.2) is 5.75 Å². The van der Waals surface area contributed by atoms with Crippen molar-refractivity contribution in [1.82, 2.24) is 14.8 Å². The fraction of sp³-hybridized carbons (Fsp3) is 0.333. The van der Waals surface area contributed by atoms with E-state index >= 15 is 0 Å². The molecular weight excluding hydrogens is 216 g/mol. The normalized spacial score (nSPS) is 10.3. The lowest BCUT2D eigenvalue weighted by atomic mass is 10.3. The fourth-order valence-corrected chi connectivity index (χ4v) is 1.61. The first-order valence-corrected chi connectivity index (χ1v) is 5.41. The Kier molecular flexibility index (Phi) is 3.27. The van der Waals surface area contributed by atoms with Crippen molar-refractivity contribution in [3.05, 3.63) is 35.9 Å². The molecule has 2 aromatic heterocycles. The zero-order chi connectivity index (χ0) is 12.3. The van der Waals surface area contributed by atoms with Crippen LogP contribution in [0.4, 0.5) is 5.69 Å². The molecule has 0 unspecified atom stereocenters. The summed E-state index contributed by atoms with van der Waals surface area (Å²) < 4.78 is 7.03. The SMILES string of the molecule is COc1cnc(C)cc1NCc1cnn(C)c1. The molecule has 0 fully saturated rings. The van der Waals surface area contributed by atoms with Gasteiger partial charge >= 0.3 is 0 Å². The molecule has 5 heteroatoms. The van der Waals surface area contributed by atoms with Gasteiger partial charge in [-0.3, -0.25) is 9.67 Å². The van der Waals surface area contributed by atoms with Crippen LogP contribution in [-0.2, 0) is 13.6 Å². The van der Waals surface area contributed by atoms with Crippen molar-refractivity contribution in [3.8, 4) is 5.75 Å². The van der Waals surface area contributed by atoms with E-state index in [2.05, 4.69) is 15.4 Å². The van der Waals surface area contributed by atoms with Crippen LogP contribution in [-0.4, -0.2) is 21.9 Å². The summed E-state index contributed by atoms with van der Waals surface area (Å²) in [5, 5.41) is 7.44. The van der Waals surface area contributed by atoms with Crippen LogP contribution in [0, 0.1) is 6.92 Å². The lowest BCUT2D eigenvalue weighted by Crippen LogP contribution is -2.01. The molecule has 0 aliphatic carbocycles. The molecule has 2 aromatic rings. The summed E-state index contributed by atoms with van der Waals surface area (Å²) in [4.78, 5) is 4.19. The Morgan fingerprint density at radius 2 is 2.24 bits per heavy atom. The summed E-state index contributed by atoms with van der Waals surface area (Å²) in [5.41, 5.74) is 3.03. The second kappa shape index (κ2) is 4.86. The molecule has 90 valence electrons. The van der Waals surface area contributed by atoms with Crippen molar-refractivity contribution >= 4 is 5.69 Å². The minimum Gasteiger partial charge on any atom is -0.493 e. The number of pyridine rings is 1. The van der Waals surface area contributed by atoms with E-state index in [1.807, 2.05) is 32.4 Å². The Hall–Kier alpha value is -2.04. The van der Waals surface area contributed by atoms with Crippen LogP contribution in [0.3, 0.4) is 0 Å². The monoisotopic (exact) mass is 232 g/mol. The number of nitrogens with one attached hydrogen (secondary N) is 1. The highest BCUT2D eigenvalue weighted by Crippen LogP contribution is 2.23. The van der Waals surface area contributed by atoms with Crippen LogP contribution >= 0.6 is 0 Å². The molecular formula is C12H16N4O. The van der Waals surface area contributed by atoms with Crippen LogP contribution in [0.2, 0.25) is 0 Å². The Labute approximate surface area is 100 Å². The van der Waals surface area contributed by atoms with Gasteiger partial charge in [0.25, 0.3) is 0 Å². The van der Waals surface area contributed by atoms with Gasteiger partial charge in [-0.25, -0.2) is 0 Å². The second-order valence-corrected chi connectivity index (χ2v) is 3.90. The Bertz CT molecular complexity index is 507. The zero-order valence-electron chi connectivity index (χ0n) is 10.3. The number of aromatic nitrogens is 3. The van der Waals surface area contributed by atoms with Gasteiger partial charge in [0.1, 0.15) is 0 Å². The van der Waals surface area contributed by atoms with Crippen LogP contribution in [0.5, 0.6) is 5.75 Å². The molecule has 0 amide bonds. The van der Waals surface area contributed by atoms with Gasteiger partial charge in [0.2, 0.25) is 0 Å². The van der Waals surface area contributed by atoms with Crippen molar-refractivity contribution in [2.45, 2.75) is 13.5 Å². The van der Waals surface area contributed by atoms with E-state index in [9.17, 15) is 0 Å². The van der Waals surface area contributed by atoms with Crippen molar-refractivity contribution in [2.75, 3.05) is 12.4 Å². The predicted octanol–water partition coefficient (Wildman–Crippen LogP) is 1.74. The molecule has 0 radical (unpaired) electrons. The first-order valence-electron chi connectivity index (χ1n) is 5.41. The number of aryl methyl sites for hydroxylation is 2. The largest absolute Gasteiger partial charge is 0.493 e. The molecule has 5 nitrogen and oxygen atoms in total. The summed E-state index contributed by atoms with van der Waals surface area (Å²) in [7, 11) is 3.54. The molecule has 0 aromatic carbocycles. The molecule has 0 aliphatic heterocycles. The molecule has 0 saturated carbocycles. The molecule has 0 bridgehead atoms. The van der Waals surface area contributed by atoms with E-state index in [1.54, 1.807) is 18.0 Å². The van der Waals surface area contributed by atoms with Crippen molar-refractivity contribution in [2.24, 2.45) is 7.05 Å². The van der Waals surface area contributed by atoms with E-state index in [0.29, 0.717) is 6.54 Å². The van der Waals surface area contributed by atoms with Crippen LogP contribution in [0.25, 0.3) is 0 Å². The third-order valence-corrected chi connectivity index (χ3v) is 2.47. The third kappa shape index (κ3) is 2.75. The molecule has 2 heterocycles. The van der Waals surface area contributed by atoms with Gasteiger partial charge in [0, 0.05) is 31.0 Å². The van der Waals surface area contributed by atoms with Gasteiger partial charge in [-0.15, -0.1) is 0 Å². The zero-order valence-corrected chi connectivity index (χ0v) is 10.3. The minimum atomic E-state index is 0.716. The number of nitrogens with zero attached hydrogens (tertiary/aromatic N) is 3. The number of anilines is 1. The number of hydrogen-bond donors (Lipinski definition) is 1. The lowest BCUT2D eigenvalue weighted by molar-refractivity contribution is 0.414. The van der Waals surface area contributed by atoms with E-state index in [0.717, 1.165) is 22.7 Å². The Morgan fingerprint density at radius 3 is 2.88 bits per heavy atom. The summed E-state index contributed by atoms with van der Waals surface area (Å²) in [6.45, 7) is 2.67. The van der Waals surface area contributed by atoms with Gasteiger partial charge in [-0.05, 0) is 13.0 Å². The maximum Gasteiger partial charge on any atom is 0.160 e. The maximum atomic E-state index is 5.25. The van der Waals surface area contributed by atoms with Gasteiger partial charge in [-0.1, -0.05) is 0 Å². The molecule has 0 spiro atoms. The lowest BCUT2D eigenvalue weighted by Gasteiger charge is -2.10. The van der Waals surface area contributed by atoms with E-state index in [1.165, 1.54) is 0 Å². The molecule has 17 heavy (non-hydrogen) atoms. The van der Waals surface area contributed by atoms with Crippen molar-refractivity contribution in [1.29, 1.82) is 0 Å². The first-order chi connectivity index (χ1) is 8.19. The number of methoxy groups -OCH3 is 1. The van der Waals surface area contributed by atoms with Gasteiger partial charge < -0.3 is 10.1 Å². The van der Waals surface area contributed by atoms with E-state index < -0.39 is 0 Å². The molecule has 0 saturated heterocycles. The summed E-state index contributed by atoms with van der Waals surface area (Å²) in [5.74, 6) is 0.750. The Balaban J connectivity index is 2.10. The van der Waals surface area contributed by atoms with E-state index in [4.69, 9.17) is 4.74 Å². The quantitative estimate of drug-likeness (QED) is 0.872. The summed E-state index contributed by atoms with van der Waals surface area (Å²) in [6, 6.07) is 1.97. The number of ether oxygens (including phenoxy) is 1. The topological polar surface area (TPSA) is 52.0 Å². The van der Waals surface area contributed by atoms with Crippen LogP contribution < -0.4 is 10.1 Å². The third-order valence-electron chi connectivity index (χ3n) is 2.47. The van der Waals surface area contributed by atoms with Crippen LogP contribution in [0.15, 0.2) is 24.7 Å². The standard InChI is InChI=1S/C12H16N4O/c1-9-4-11(12(17-3)7-13-9)14-5-10-6-15-16(2)8-10/h4,6-8H,5H2,1-3H3,(H,13,14). The van der Waals surface area contributed by atoms with Gasteiger partial charge in [-0.2, -0.15) is 5.10 Å². The highest BCUT2D eigenvalue weighted by Gasteiger charge is 2.04. The number of hydrogen-bond acceptors (Lipinski definition) is 4. The highest BCUT2D eigenvalue weighted by molar-refractivity contribution is 5.56. The highest BCUT2D eigenvalue weighted by atomic mass is 16.5. The predicted molar refractivity (Wildman–Crippen MR) is 66.1 cm³/mol. The summed E-state index contributed by atoms with van der Waals surface area (Å²) in [6.07, 6.45) is 5.54. The Morgan fingerprint density at radius 1 is 1.41 bits per heavy atom. The average Bonchev–Trinajstić information content (AvgIpc) is 2.73. The summed E-state index contributed by atoms with van der Waals surface area (Å²) >= 11 is 0. The first kappa shape index (κ1) is 11.4. The minimum absolute atomic E-state index is 0.716. The molecule has 2 rings (SSSR count). The van der Waals surface area contributed by atoms with Crippen molar-refractivity contribution in [3.63, 3.8) is 0 Å². The molecule has 1 N–H and O–H groups in total. The van der Waals surface area contributed by atoms with Gasteiger partial charge in [0.05, 0.1) is 25.2 Å². The maximum absolute atomic E-state index is 5.25.